The highest BCUT2D eigenvalue weighted by atomic mass is 16.3. The van der Waals surface area contributed by atoms with Crippen molar-refractivity contribution in [3.05, 3.63) is 211 Å². The molecule has 0 bridgehead atoms. The molecule has 0 fully saturated rings. The fourth-order valence-corrected chi connectivity index (χ4v) is 9.29. The van der Waals surface area contributed by atoms with Crippen molar-refractivity contribution < 1.29 is 4.42 Å². The first-order valence-electron chi connectivity index (χ1n) is 19.8. The molecule has 2 heteroatoms. The Bertz CT molecular complexity index is 3130. The van der Waals surface area contributed by atoms with Gasteiger partial charge >= 0.3 is 0 Å². The molecule has 9 aromatic carbocycles. The predicted octanol–water partition coefficient (Wildman–Crippen LogP) is 15.5. The number of nitrogens with zero attached hydrogens (tertiary/aromatic N) is 1. The van der Waals surface area contributed by atoms with Crippen molar-refractivity contribution in [2.45, 2.75) is 19.3 Å². The number of rotatable bonds is 6. The van der Waals surface area contributed by atoms with Gasteiger partial charge < -0.3 is 9.32 Å². The summed E-state index contributed by atoms with van der Waals surface area (Å²) in [5.74, 6) is 0. The molecule has 1 aliphatic rings. The van der Waals surface area contributed by atoms with Gasteiger partial charge in [-0.2, -0.15) is 0 Å². The van der Waals surface area contributed by atoms with Crippen LogP contribution in [0.15, 0.2) is 205 Å². The van der Waals surface area contributed by atoms with Crippen LogP contribution in [0.3, 0.4) is 0 Å². The summed E-state index contributed by atoms with van der Waals surface area (Å²) in [6.45, 7) is 4.65. The summed E-state index contributed by atoms with van der Waals surface area (Å²) >= 11 is 0. The van der Waals surface area contributed by atoms with Crippen LogP contribution < -0.4 is 4.90 Å². The highest BCUT2D eigenvalue weighted by Gasteiger charge is 2.38. The Labute approximate surface area is 332 Å². The zero-order valence-corrected chi connectivity index (χ0v) is 31.9. The Morgan fingerprint density at radius 3 is 1.77 bits per heavy atom. The molecule has 0 saturated carbocycles. The van der Waals surface area contributed by atoms with Crippen molar-refractivity contribution >= 4 is 49.8 Å². The Balaban J connectivity index is 1.04. The van der Waals surface area contributed by atoms with Crippen LogP contribution >= 0.6 is 0 Å². The molecule has 0 saturated heterocycles. The molecule has 0 N–H and O–H groups in total. The summed E-state index contributed by atoms with van der Waals surface area (Å²) in [6, 6.07) is 72.4. The van der Waals surface area contributed by atoms with Crippen LogP contribution in [0.1, 0.15) is 25.0 Å². The second-order valence-corrected chi connectivity index (χ2v) is 15.7. The second kappa shape index (κ2) is 13.0. The molecule has 0 aliphatic heterocycles. The minimum atomic E-state index is -0.168. The predicted molar refractivity (Wildman–Crippen MR) is 240 cm³/mol. The molecule has 2 nitrogen and oxygen atoms in total. The monoisotopic (exact) mass is 729 g/mol. The van der Waals surface area contributed by atoms with Crippen LogP contribution in [-0.4, -0.2) is 0 Å². The van der Waals surface area contributed by atoms with Crippen molar-refractivity contribution in [1.82, 2.24) is 0 Å². The molecular weight excluding hydrogens is 691 g/mol. The second-order valence-electron chi connectivity index (χ2n) is 15.7. The Hall–Kier alpha value is -7.16. The third kappa shape index (κ3) is 5.33. The topological polar surface area (TPSA) is 16.4 Å². The highest BCUT2D eigenvalue weighted by Crippen LogP contribution is 2.53. The first-order chi connectivity index (χ1) is 28.0. The van der Waals surface area contributed by atoms with Gasteiger partial charge in [-0.3, -0.25) is 0 Å². The van der Waals surface area contributed by atoms with Crippen molar-refractivity contribution in [2.75, 3.05) is 4.90 Å². The number of anilines is 3. The lowest BCUT2D eigenvalue weighted by molar-refractivity contribution is 0.620. The molecule has 11 rings (SSSR count). The van der Waals surface area contributed by atoms with E-state index in [-0.39, 0.29) is 5.41 Å². The van der Waals surface area contributed by atoms with E-state index < -0.39 is 0 Å². The van der Waals surface area contributed by atoms with E-state index in [4.69, 9.17) is 4.42 Å². The lowest BCUT2D eigenvalue weighted by Crippen LogP contribution is -2.15. The SMILES string of the molecule is CC1(C)c2ccccc2-c2ccc3c(oc4c(-c5cccc(N(c6ccc(-c7ccccc7)cc6)c6ccc(-c7cccc8ccccc78)cc6)c5)cccc43)c21. The van der Waals surface area contributed by atoms with Crippen molar-refractivity contribution in [2.24, 2.45) is 0 Å². The average Bonchev–Trinajstić information content (AvgIpc) is 3.76. The molecule has 0 unspecified atom stereocenters. The van der Waals surface area contributed by atoms with Crippen LogP contribution in [0.4, 0.5) is 17.1 Å². The maximum atomic E-state index is 7.04. The largest absolute Gasteiger partial charge is 0.455 e. The molecule has 0 radical (unpaired) electrons. The summed E-state index contributed by atoms with van der Waals surface area (Å²) in [4.78, 5) is 2.36. The van der Waals surface area contributed by atoms with Gasteiger partial charge in [-0.25, -0.2) is 0 Å². The van der Waals surface area contributed by atoms with Crippen LogP contribution in [0.2, 0.25) is 0 Å². The van der Waals surface area contributed by atoms with Crippen LogP contribution in [-0.2, 0) is 5.41 Å². The normalized spacial score (nSPS) is 12.9. The van der Waals surface area contributed by atoms with Gasteiger partial charge in [-0.05, 0) is 97.7 Å². The van der Waals surface area contributed by atoms with Gasteiger partial charge in [0, 0.05) is 44.4 Å². The number of hydrogen-bond donors (Lipinski definition) is 0. The highest BCUT2D eigenvalue weighted by molar-refractivity contribution is 6.12. The third-order valence-electron chi connectivity index (χ3n) is 12.1. The van der Waals surface area contributed by atoms with Gasteiger partial charge in [0.05, 0.1) is 0 Å². The molecule has 0 atom stereocenters. The fourth-order valence-electron chi connectivity index (χ4n) is 9.29. The minimum Gasteiger partial charge on any atom is -0.455 e. The van der Waals surface area contributed by atoms with Gasteiger partial charge in [0.1, 0.15) is 11.2 Å². The summed E-state index contributed by atoms with van der Waals surface area (Å²) in [5.41, 5.74) is 17.2. The molecule has 1 aromatic heterocycles. The quantitative estimate of drug-likeness (QED) is 0.169. The fraction of sp³-hybridized carbons (Fsp3) is 0.0545. The number of fused-ring (bicyclic) bond motifs is 8. The number of hydrogen-bond acceptors (Lipinski definition) is 2. The first-order valence-corrected chi connectivity index (χ1v) is 19.8. The van der Waals surface area contributed by atoms with E-state index in [0.717, 1.165) is 50.1 Å². The lowest BCUT2D eigenvalue weighted by atomic mass is 9.82. The number of para-hydroxylation sites is 1. The van der Waals surface area contributed by atoms with Crippen LogP contribution in [0, 0.1) is 0 Å². The maximum absolute atomic E-state index is 7.04. The Kier molecular flexibility index (Phi) is 7.55. The van der Waals surface area contributed by atoms with Gasteiger partial charge in [-0.15, -0.1) is 0 Å². The zero-order chi connectivity index (χ0) is 38.1. The zero-order valence-electron chi connectivity index (χ0n) is 31.9. The van der Waals surface area contributed by atoms with Crippen LogP contribution in [0.25, 0.3) is 77.2 Å². The van der Waals surface area contributed by atoms with Crippen molar-refractivity contribution in [1.29, 1.82) is 0 Å². The van der Waals surface area contributed by atoms with E-state index in [2.05, 4.69) is 219 Å². The minimum absolute atomic E-state index is 0.168. The molecule has 270 valence electrons. The standard InChI is InChI=1S/C55H39NO/c1-55(2)51-24-9-8-20-47(51)48-33-34-50-49-23-12-22-46(53(49)57-54(50)52(48)55)40-17-10-18-43(35-40)56(41-29-25-37(26-30-41)36-13-4-3-5-14-36)42-31-27-39(28-32-42)45-21-11-16-38-15-6-7-19-44(38)45/h3-35H,1-2H3. The van der Waals surface area contributed by atoms with E-state index in [1.165, 1.54) is 55.3 Å². The summed E-state index contributed by atoms with van der Waals surface area (Å²) in [5, 5.41) is 4.80. The number of benzene rings is 9. The molecule has 1 heterocycles. The molecule has 57 heavy (non-hydrogen) atoms. The van der Waals surface area contributed by atoms with Crippen molar-refractivity contribution in [3.8, 4) is 44.5 Å². The summed E-state index contributed by atoms with van der Waals surface area (Å²) < 4.78 is 7.04. The summed E-state index contributed by atoms with van der Waals surface area (Å²) in [6.07, 6.45) is 0. The van der Waals surface area contributed by atoms with Gasteiger partial charge in [0.2, 0.25) is 0 Å². The maximum Gasteiger partial charge on any atom is 0.143 e. The third-order valence-corrected chi connectivity index (χ3v) is 12.1. The molecule has 0 amide bonds. The van der Waals surface area contributed by atoms with E-state index >= 15 is 0 Å². The first kappa shape index (κ1) is 33.2. The van der Waals surface area contributed by atoms with Crippen LogP contribution in [0.5, 0.6) is 0 Å². The molecule has 0 spiro atoms. The summed E-state index contributed by atoms with van der Waals surface area (Å²) in [7, 11) is 0. The molecule has 10 aromatic rings. The van der Waals surface area contributed by atoms with E-state index in [1.807, 2.05) is 0 Å². The Morgan fingerprint density at radius 1 is 0.368 bits per heavy atom. The smallest absolute Gasteiger partial charge is 0.143 e. The van der Waals surface area contributed by atoms with E-state index in [9.17, 15) is 0 Å². The van der Waals surface area contributed by atoms with Gasteiger partial charge in [0.25, 0.3) is 0 Å². The Morgan fingerprint density at radius 2 is 0.947 bits per heavy atom. The number of furan rings is 1. The average molecular weight is 730 g/mol. The lowest BCUT2D eigenvalue weighted by Gasteiger charge is -2.26. The van der Waals surface area contributed by atoms with Gasteiger partial charge in [0.15, 0.2) is 0 Å². The van der Waals surface area contributed by atoms with Crippen molar-refractivity contribution in [3.63, 3.8) is 0 Å². The molecule has 1 aliphatic carbocycles. The molecular formula is C55H39NO. The van der Waals surface area contributed by atoms with E-state index in [1.54, 1.807) is 0 Å². The van der Waals surface area contributed by atoms with E-state index in [0.29, 0.717) is 0 Å². The van der Waals surface area contributed by atoms with Gasteiger partial charge in [-0.1, -0.05) is 172 Å².